The summed E-state index contributed by atoms with van der Waals surface area (Å²) in [6.07, 6.45) is 1.85. The molecule has 0 spiro atoms. The summed E-state index contributed by atoms with van der Waals surface area (Å²) in [4.78, 5) is 11.7. The molecule has 14 heavy (non-hydrogen) atoms. The third-order valence-corrected chi connectivity index (χ3v) is 2.56. The molecule has 0 saturated heterocycles. The van der Waals surface area contributed by atoms with Crippen LogP contribution in [0.15, 0.2) is 30.3 Å². The highest BCUT2D eigenvalue weighted by Crippen LogP contribution is 2.20. The number of hydrogen-bond donors (Lipinski definition) is 0. The van der Waals surface area contributed by atoms with Gasteiger partial charge in [0, 0.05) is 11.5 Å². The van der Waals surface area contributed by atoms with Gasteiger partial charge in [-0.25, -0.2) is 0 Å². The molecule has 0 saturated carbocycles. The molecule has 0 atom stereocenters. The Morgan fingerprint density at radius 2 is 2.07 bits per heavy atom. The summed E-state index contributed by atoms with van der Waals surface area (Å²) in [5.41, 5.74) is 1.94. The summed E-state index contributed by atoms with van der Waals surface area (Å²) < 4.78 is 3.33. The van der Waals surface area contributed by atoms with Gasteiger partial charge in [0.05, 0.1) is 7.05 Å². The topological polar surface area (TPSA) is 25.0 Å². The van der Waals surface area contributed by atoms with Crippen LogP contribution in [0.2, 0.25) is 0 Å². The minimum atomic E-state index is 0.0150. The molecule has 0 unspecified atom stereocenters. The van der Waals surface area contributed by atoms with Crippen molar-refractivity contribution in [1.29, 1.82) is 0 Å². The van der Waals surface area contributed by atoms with Crippen LogP contribution >= 0.6 is 0 Å². The maximum Gasteiger partial charge on any atom is 0.503 e. The first kappa shape index (κ1) is 7.50. The average Bonchev–Trinajstić information content (AvgIpc) is 2.65. The highest BCUT2D eigenvalue weighted by atomic mass is 16.2. The van der Waals surface area contributed by atoms with Gasteiger partial charge in [-0.1, -0.05) is 18.2 Å². The van der Waals surface area contributed by atoms with Crippen LogP contribution in [0.1, 0.15) is 5.69 Å². The van der Waals surface area contributed by atoms with Crippen molar-refractivity contribution < 1.29 is 9.37 Å². The molecule has 3 rings (SSSR count). The molecule has 1 aromatic heterocycles. The number of fused-ring (bicyclic) bond motifs is 3. The average molecular weight is 185 g/mol. The van der Waals surface area contributed by atoms with Gasteiger partial charge >= 0.3 is 6.03 Å². The van der Waals surface area contributed by atoms with Gasteiger partial charge in [0.1, 0.15) is 11.7 Å². The second-order valence-electron chi connectivity index (χ2n) is 3.49. The van der Waals surface area contributed by atoms with Gasteiger partial charge in [-0.3, -0.25) is 0 Å². The van der Waals surface area contributed by atoms with Crippen molar-refractivity contribution in [1.82, 2.24) is 4.57 Å². The van der Waals surface area contributed by atoms with Crippen molar-refractivity contribution in [2.45, 2.75) is 0 Å². The molecule has 2 aromatic rings. The second kappa shape index (κ2) is 2.32. The van der Waals surface area contributed by atoms with Gasteiger partial charge in [-0.15, -0.1) is 0 Å². The lowest BCUT2D eigenvalue weighted by Gasteiger charge is -1.90. The monoisotopic (exact) mass is 185 g/mol. The SMILES string of the molecule is C[N+]1=Cc2cc3ccccc3n2C1=O. The van der Waals surface area contributed by atoms with E-state index in [4.69, 9.17) is 0 Å². The summed E-state index contributed by atoms with van der Waals surface area (Å²) in [6.45, 7) is 0. The molecular formula is C11H9N2O+. The predicted octanol–water partition coefficient (Wildman–Crippen LogP) is 1.68. The van der Waals surface area contributed by atoms with E-state index < -0.39 is 0 Å². The van der Waals surface area contributed by atoms with E-state index in [2.05, 4.69) is 0 Å². The first-order chi connectivity index (χ1) is 6.77. The van der Waals surface area contributed by atoms with Crippen molar-refractivity contribution in [2.24, 2.45) is 0 Å². The Balaban J connectivity index is 2.45. The number of hydrogen-bond acceptors (Lipinski definition) is 1. The minimum absolute atomic E-state index is 0.0150. The van der Waals surface area contributed by atoms with Crippen molar-refractivity contribution >= 4 is 23.1 Å². The van der Waals surface area contributed by atoms with E-state index in [9.17, 15) is 4.79 Å². The summed E-state index contributed by atoms with van der Waals surface area (Å²) >= 11 is 0. The number of para-hydroxylation sites is 1. The van der Waals surface area contributed by atoms with Crippen molar-refractivity contribution in [3.8, 4) is 0 Å². The summed E-state index contributed by atoms with van der Waals surface area (Å²) in [5.74, 6) is 0. The maximum absolute atomic E-state index is 11.7. The van der Waals surface area contributed by atoms with Crippen LogP contribution in [0.5, 0.6) is 0 Å². The lowest BCUT2D eigenvalue weighted by atomic mass is 10.2. The molecule has 0 radical (unpaired) electrons. The van der Waals surface area contributed by atoms with Crippen molar-refractivity contribution in [2.75, 3.05) is 7.05 Å². The van der Waals surface area contributed by atoms with Crippen molar-refractivity contribution in [3.63, 3.8) is 0 Å². The van der Waals surface area contributed by atoms with E-state index in [1.54, 1.807) is 16.2 Å². The molecule has 1 aromatic carbocycles. The number of aromatic nitrogens is 1. The van der Waals surface area contributed by atoms with Gasteiger partial charge < -0.3 is 0 Å². The molecule has 0 bridgehead atoms. The Labute approximate surface area is 80.9 Å². The van der Waals surface area contributed by atoms with E-state index in [0.717, 1.165) is 16.6 Å². The number of benzene rings is 1. The Bertz CT molecular complexity index is 578. The van der Waals surface area contributed by atoms with Crippen LogP contribution in [0.3, 0.4) is 0 Å². The van der Waals surface area contributed by atoms with Crippen LogP contribution in [0.4, 0.5) is 4.79 Å². The highest BCUT2D eigenvalue weighted by molar-refractivity contribution is 6.01. The molecule has 3 heteroatoms. The molecular weight excluding hydrogens is 176 g/mol. The second-order valence-corrected chi connectivity index (χ2v) is 3.49. The van der Waals surface area contributed by atoms with E-state index in [-0.39, 0.29) is 6.03 Å². The predicted molar refractivity (Wildman–Crippen MR) is 54.1 cm³/mol. The number of nitrogens with zero attached hydrogens (tertiary/aromatic N) is 2. The molecule has 1 amide bonds. The Morgan fingerprint density at radius 3 is 2.93 bits per heavy atom. The zero-order chi connectivity index (χ0) is 9.71. The number of carbonyl (C=O) groups is 1. The van der Waals surface area contributed by atoms with Crippen LogP contribution in [-0.2, 0) is 0 Å². The lowest BCUT2D eigenvalue weighted by Crippen LogP contribution is -2.15. The molecule has 3 nitrogen and oxygen atoms in total. The molecule has 0 N–H and O–H groups in total. The Morgan fingerprint density at radius 1 is 1.29 bits per heavy atom. The number of carbonyl (C=O) groups excluding carboxylic acids is 1. The Kier molecular flexibility index (Phi) is 1.24. The summed E-state index contributed by atoms with van der Waals surface area (Å²) in [5, 5.41) is 1.11. The van der Waals surface area contributed by atoms with E-state index in [0.29, 0.717) is 0 Å². The van der Waals surface area contributed by atoms with Crippen LogP contribution in [0, 0.1) is 0 Å². The number of amides is 1. The zero-order valence-corrected chi connectivity index (χ0v) is 7.77. The minimum Gasteiger partial charge on any atom is -0.196 e. The van der Waals surface area contributed by atoms with Gasteiger partial charge in [0.2, 0.25) is 0 Å². The number of rotatable bonds is 0. The molecule has 0 fully saturated rings. The summed E-state index contributed by atoms with van der Waals surface area (Å²) in [6, 6.07) is 9.94. The van der Waals surface area contributed by atoms with Crippen molar-refractivity contribution in [3.05, 3.63) is 36.0 Å². The maximum atomic E-state index is 11.7. The first-order valence-corrected chi connectivity index (χ1v) is 4.50. The molecule has 1 aliphatic heterocycles. The fourth-order valence-corrected chi connectivity index (χ4v) is 1.90. The summed E-state index contributed by atoms with van der Waals surface area (Å²) in [7, 11) is 1.77. The zero-order valence-electron chi connectivity index (χ0n) is 7.77. The molecule has 0 aliphatic carbocycles. The van der Waals surface area contributed by atoms with Crippen LogP contribution in [0.25, 0.3) is 10.9 Å². The molecule has 1 aliphatic rings. The first-order valence-electron chi connectivity index (χ1n) is 4.50. The Hall–Kier alpha value is -1.90. The van der Waals surface area contributed by atoms with Crippen LogP contribution < -0.4 is 0 Å². The van der Waals surface area contributed by atoms with E-state index in [1.807, 2.05) is 36.5 Å². The molecule has 2 heterocycles. The third kappa shape index (κ3) is 0.763. The molecule has 68 valence electrons. The van der Waals surface area contributed by atoms with Gasteiger partial charge in [0.25, 0.3) is 0 Å². The van der Waals surface area contributed by atoms with Gasteiger partial charge in [-0.05, 0) is 6.07 Å². The normalized spacial score (nSPS) is 14.6. The smallest absolute Gasteiger partial charge is 0.196 e. The quantitative estimate of drug-likeness (QED) is 0.573. The van der Waals surface area contributed by atoms with E-state index >= 15 is 0 Å². The van der Waals surface area contributed by atoms with Gasteiger partial charge in [0.15, 0.2) is 5.69 Å². The highest BCUT2D eigenvalue weighted by Gasteiger charge is 2.29. The largest absolute Gasteiger partial charge is 0.503 e. The lowest BCUT2D eigenvalue weighted by molar-refractivity contribution is -0.382. The van der Waals surface area contributed by atoms with Gasteiger partial charge in [-0.2, -0.15) is 13.9 Å². The standard InChI is InChI=1S/C11H9N2O/c1-12-7-9-6-8-4-2-3-5-10(8)13(9)11(12)14/h2-7H,1H3/q+1. The fraction of sp³-hybridized carbons (Fsp3) is 0.0909. The van der Waals surface area contributed by atoms with E-state index in [1.165, 1.54) is 0 Å². The third-order valence-electron chi connectivity index (χ3n) is 2.56. The fourth-order valence-electron chi connectivity index (χ4n) is 1.90. The van der Waals surface area contributed by atoms with Crippen LogP contribution in [-0.4, -0.2) is 28.4 Å².